The maximum Gasteiger partial charge on any atom is 0.416 e. The van der Waals surface area contributed by atoms with Crippen LogP contribution in [0.2, 0.25) is 0 Å². The number of benzene rings is 2. The molecule has 4 rings (SSSR count). The van der Waals surface area contributed by atoms with Crippen LogP contribution in [0, 0.1) is 5.82 Å². The first-order chi connectivity index (χ1) is 16.3. The highest BCUT2D eigenvalue weighted by Crippen LogP contribution is 2.45. The largest absolute Gasteiger partial charge is 0.416 e. The van der Waals surface area contributed by atoms with Crippen molar-refractivity contribution in [1.82, 2.24) is 15.1 Å². The third-order valence-corrected chi connectivity index (χ3v) is 7.15. The fourth-order valence-corrected chi connectivity index (χ4v) is 5.45. The number of carbonyl (C=O) groups excluding carboxylic acids is 1. The van der Waals surface area contributed by atoms with Crippen LogP contribution in [0.5, 0.6) is 0 Å². The normalized spacial score (nSPS) is 20.4. The van der Waals surface area contributed by atoms with Gasteiger partial charge in [-0.2, -0.15) is 33.5 Å². The van der Waals surface area contributed by atoms with E-state index in [4.69, 9.17) is 0 Å². The summed E-state index contributed by atoms with van der Waals surface area (Å²) in [5.74, 6) is -2.31. The molecule has 1 amide bonds. The molecule has 0 aliphatic carbocycles. The number of aliphatic hydroxyl groups excluding tert-OH is 1. The molecule has 2 atom stereocenters. The highest BCUT2D eigenvalue weighted by atomic mass is 32.3. The minimum Gasteiger partial charge on any atom is -0.389 e. The van der Waals surface area contributed by atoms with Gasteiger partial charge in [-0.15, -0.1) is 0 Å². The third-order valence-electron chi connectivity index (χ3n) is 5.38. The molecule has 13 heteroatoms. The molecule has 1 fully saturated rings. The molecule has 0 bridgehead atoms. The molecule has 1 aromatic heterocycles. The van der Waals surface area contributed by atoms with Crippen LogP contribution in [0.3, 0.4) is 0 Å². The number of aromatic nitrogens is 2. The number of aliphatic hydroxyl groups is 1. The van der Waals surface area contributed by atoms with Gasteiger partial charge in [0.15, 0.2) is 0 Å². The van der Waals surface area contributed by atoms with Gasteiger partial charge >= 0.3 is 6.18 Å². The Bertz CT molecular complexity index is 1330. The van der Waals surface area contributed by atoms with E-state index in [0.717, 1.165) is 47.1 Å². The van der Waals surface area contributed by atoms with Crippen LogP contribution in [-0.4, -0.2) is 53.6 Å². The Balaban J connectivity index is 1.79. The summed E-state index contributed by atoms with van der Waals surface area (Å²) in [5.41, 5.74) is -2.30. The predicted octanol–water partition coefficient (Wildman–Crippen LogP) is 3.28. The number of alkyl halides is 3. The summed E-state index contributed by atoms with van der Waals surface area (Å²) in [7, 11) is -3.10. The number of amides is 1. The van der Waals surface area contributed by atoms with Gasteiger partial charge in [0, 0.05) is 5.56 Å². The van der Waals surface area contributed by atoms with Crippen molar-refractivity contribution < 1.29 is 36.6 Å². The molecular weight excluding hydrogens is 494 g/mol. The molecule has 0 radical (unpaired) electrons. The van der Waals surface area contributed by atoms with Gasteiger partial charge in [-0.25, -0.2) is 4.39 Å². The molecule has 35 heavy (non-hydrogen) atoms. The van der Waals surface area contributed by atoms with E-state index in [0.29, 0.717) is 0 Å². The van der Waals surface area contributed by atoms with Crippen molar-refractivity contribution in [1.29, 1.82) is 0 Å². The van der Waals surface area contributed by atoms with Crippen molar-refractivity contribution in [3.63, 3.8) is 0 Å². The number of nitrogens with zero attached hydrogens (tertiary/aromatic N) is 2. The van der Waals surface area contributed by atoms with Gasteiger partial charge in [0.05, 0.1) is 40.6 Å². The summed E-state index contributed by atoms with van der Waals surface area (Å²) >= 11 is 0. The zero-order valence-electron chi connectivity index (χ0n) is 17.7. The molecule has 186 valence electrons. The summed E-state index contributed by atoms with van der Waals surface area (Å²) in [5, 5.41) is 16.5. The first-order valence-electron chi connectivity index (χ1n) is 10.1. The molecule has 1 aliphatic rings. The zero-order valence-corrected chi connectivity index (χ0v) is 18.6. The Labute approximate surface area is 197 Å². The van der Waals surface area contributed by atoms with Crippen molar-refractivity contribution >= 4 is 16.5 Å². The smallest absolute Gasteiger partial charge is 0.389 e. The average molecular weight is 513 g/mol. The van der Waals surface area contributed by atoms with Crippen LogP contribution in [0.25, 0.3) is 16.9 Å². The third kappa shape index (κ3) is 5.37. The Morgan fingerprint density at radius 3 is 2.34 bits per heavy atom. The maximum atomic E-state index is 13.8. The number of carbonyl (C=O) groups is 1. The number of hydrogen-bond donors (Lipinski definition) is 4. The van der Waals surface area contributed by atoms with Gasteiger partial charge in [-0.1, -0.05) is 18.2 Å². The monoisotopic (exact) mass is 513 g/mol. The highest BCUT2D eigenvalue weighted by molar-refractivity contribution is 8.24. The molecule has 8 nitrogen and oxygen atoms in total. The van der Waals surface area contributed by atoms with Crippen LogP contribution in [0.4, 0.5) is 17.6 Å². The van der Waals surface area contributed by atoms with Gasteiger partial charge in [0.25, 0.3) is 11.5 Å². The summed E-state index contributed by atoms with van der Waals surface area (Å²) in [6.07, 6.45) is -5.83. The SMILES string of the molecule is O=C(N[C@H]1CS(O)(O)C[C@H]1O)c1cc(-c2ccc(C(F)(F)F)cc2)nn(-c2cccc(F)c2)c1=O. The minimum absolute atomic E-state index is 0.0344. The van der Waals surface area contributed by atoms with Crippen LogP contribution in [0.1, 0.15) is 15.9 Å². The molecule has 4 N–H and O–H groups in total. The van der Waals surface area contributed by atoms with E-state index in [9.17, 15) is 41.4 Å². The molecule has 1 saturated heterocycles. The van der Waals surface area contributed by atoms with E-state index in [-0.39, 0.29) is 28.5 Å². The number of rotatable bonds is 4. The molecular formula is C22H19F4N3O5S. The van der Waals surface area contributed by atoms with Gasteiger partial charge in [-0.05, 0) is 36.4 Å². The molecule has 1 aliphatic heterocycles. The lowest BCUT2D eigenvalue weighted by atomic mass is 10.1. The zero-order chi connectivity index (χ0) is 25.5. The van der Waals surface area contributed by atoms with Crippen LogP contribution in [-0.2, 0) is 6.18 Å². The summed E-state index contributed by atoms with van der Waals surface area (Å²) in [6, 6.07) is 8.65. The molecule has 3 aromatic rings. The fraction of sp³-hybridized carbons (Fsp3) is 0.227. The fourth-order valence-electron chi connectivity index (χ4n) is 3.65. The summed E-state index contributed by atoms with van der Waals surface area (Å²) < 4.78 is 73.0. The van der Waals surface area contributed by atoms with E-state index >= 15 is 0 Å². The van der Waals surface area contributed by atoms with Crippen molar-refractivity contribution in [2.45, 2.75) is 18.3 Å². The van der Waals surface area contributed by atoms with Crippen molar-refractivity contribution in [3.05, 3.63) is 81.9 Å². The average Bonchev–Trinajstić information content (AvgIpc) is 3.04. The van der Waals surface area contributed by atoms with E-state index < -0.39 is 57.3 Å². The quantitative estimate of drug-likeness (QED) is 0.397. The first kappa shape index (κ1) is 24.9. The predicted molar refractivity (Wildman–Crippen MR) is 120 cm³/mol. The summed E-state index contributed by atoms with van der Waals surface area (Å²) in [4.78, 5) is 26.0. The molecule has 0 unspecified atom stereocenters. The van der Waals surface area contributed by atoms with Crippen molar-refractivity contribution in [2.24, 2.45) is 0 Å². The number of halogens is 4. The van der Waals surface area contributed by atoms with E-state index in [2.05, 4.69) is 10.4 Å². The van der Waals surface area contributed by atoms with Gasteiger partial charge in [0.1, 0.15) is 11.4 Å². The Morgan fingerprint density at radius 2 is 1.77 bits per heavy atom. The van der Waals surface area contributed by atoms with Crippen LogP contribution < -0.4 is 10.9 Å². The topological polar surface area (TPSA) is 125 Å². The second-order valence-corrected chi connectivity index (χ2v) is 10.3. The summed E-state index contributed by atoms with van der Waals surface area (Å²) in [6.45, 7) is 0. The minimum atomic E-state index is -4.57. The Morgan fingerprint density at radius 1 is 1.09 bits per heavy atom. The van der Waals surface area contributed by atoms with Crippen LogP contribution >= 0.6 is 10.6 Å². The van der Waals surface area contributed by atoms with Gasteiger partial charge in [0.2, 0.25) is 0 Å². The molecule has 0 spiro atoms. The molecule has 2 aromatic carbocycles. The second-order valence-electron chi connectivity index (χ2n) is 8.00. The first-order valence-corrected chi connectivity index (χ1v) is 12.0. The highest BCUT2D eigenvalue weighted by Gasteiger charge is 2.38. The second kappa shape index (κ2) is 9.07. The lowest BCUT2D eigenvalue weighted by Gasteiger charge is -2.25. The number of hydrogen-bond acceptors (Lipinski definition) is 6. The lowest BCUT2D eigenvalue weighted by Crippen LogP contribution is -2.44. The van der Waals surface area contributed by atoms with Crippen molar-refractivity contribution in [3.8, 4) is 16.9 Å². The lowest BCUT2D eigenvalue weighted by molar-refractivity contribution is -0.137. The van der Waals surface area contributed by atoms with Crippen LogP contribution in [0.15, 0.2) is 59.4 Å². The van der Waals surface area contributed by atoms with E-state index in [1.165, 1.54) is 12.1 Å². The maximum absolute atomic E-state index is 13.8. The van der Waals surface area contributed by atoms with Crippen molar-refractivity contribution in [2.75, 3.05) is 11.5 Å². The molecule has 0 saturated carbocycles. The molecule has 2 heterocycles. The van der Waals surface area contributed by atoms with E-state index in [1.54, 1.807) is 0 Å². The number of nitrogens with one attached hydrogen (secondary N) is 1. The Kier molecular flexibility index (Phi) is 6.44. The standard InChI is InChI=1S/C22H19F4N3O5S/c23-14-2-1-3-15(8-14)29-21(32)16(20(31)27-18-10-35(33,34)11-19(18)30)9-17(28-29)12-4-6-13(7-5-12)22(24,25)26/h1-9,18-19,30,33-34H,10-11H2,(H,27,31)/t18-,19+/m0/s1. The van der Waals surface area contributed by atoms with Gasteiger partial charge in [-0.3, -0.25) is 18.7 Å². The van der Waals surface area contributed by atoms with E-state index in [1.807, 2.05) is 0 Å². The Hall–Kier alpha value is -3.26. The van der Waals surface area contributed by atoms with Gasteiger partial charge < -0.3 is 10.4 Å².